The summed E-state index contributed by atoms with van der Waals surface area (Å²) in [5.74, 6) is -2.84. The number of esters is 1. The number of rotatable bonds is 4. The number of aromatic hydroxyl groups is 1. The predicted molar refractivity (Wildman–Crippen MR) is 69.8 cm³/mol. The van der Waals surface area contributed by atoms with E-state index in [4.69, 9.17) is 4.74 Å². The number of carbonyl (C=O) groups is 3. The fourth-order valence-electron chi connectivity index (χ4n) is 2.06. The molecule has 0 aliphatic carbocycles. The number of hydrogen-bond donors (Lipinski definition) is 1. The highest BCUT2D eigenvalue weighted by atomic mass is 16.5. The van der Waals surface area contributed by atoms with Crippen LogP contribution in [0.1, 0.15) is 18.9 Å². The first-order valence-electron chi connectivity index (χ1n) is 6.22. The Hall–Kier alpha value is -2.43. The highest BCUT2D eigenvalue weighted by Crippen LogP contribution is 2.19. The summed E-state index contributed by atoms with van der Waals surface area (Å²) in [6.45, 7) is 1.49. The number of benzene rings is 1. The fraction of sp³-hybridized carbons (Fsp3) is 0.267. The van der Waals surface area contributed by atoms with E-state index in [1.807, 2.05) is 0 Å². The van der Waals surface area contributed by atoms with E-state index >= 15 is 0 Å². The van der Waals surface area contributed by atoms with Crippen LogP contribution in [0.5, 0.6) is 5.75 Å². The molecule has 0 radical (unpaired) electrons. The highest BCUT2D eigenvalue weighted by Gasteiger charge is 2.36. The summed E-state index contributed by atoms with van der Waals surface area (Å²) in [6, 6.07) is 6.50. The average molecular weight is 274 g/mol. The molecule has 0 unspecified atom stereocenters. The molecule has 1 N–H and O–H groups in total. The van der Waals surface area contributed by atoms with Gasteiger partial charge in [-0.1, -0.05) is 12.1 Å². The topological polar surface area (TPSA) is 80.7 Å². The van der Waals surface area contributed by atoms with E-state index in [1.165, 1.54) is 13.0 Å². The molecule has 5 heteroatoms. The lowest BCUT2D eigenvalue weighted by Gasteiger charge is -2.17. The minimum Gasteiger partial charge on any atom is -0.508 e. The Morgan fingerprint density at radius 1 is 1.35 bits per heavy atom. The Labute approximate surface area is 115 Å². The number of Topliss-reactive ketones (excluding diaryl/α,β-unsaturated/α-hetero) is 1. The first-order valence-corrected chi connectivity index (χ1v) is 6.22. The second-order valence-electron chi connectivity index (χ2n) is 4.65. The monoisotopic (exact) mass is 274 g/mol. The Kier molecular flexibility index (Phi) is 3.98. The van der Waals surface area contributed by atoms with Gasteiger partial charge in [-0.2, -0.15) is 0 Å². The van der Waals surface area contributed by atoms with Gasteiger partial charge in [0.15, 0.2) is 17.5 Å². The lowest BCUT2D eigenvalue weighted by Crippen LogP contribution is -2.35. The van der Waals surface area contributed by atoms with Crippen LogP contribution in [0.4, 0.5) is 0 Å². The van der Waals surface area contributed by atoms with Crippen LogP contribution in [0, 0.1) is 5.92 Å². The largest absolute Gasteiger partial charge is 0.508 e. The molecule has 0 saturated heterocycles. The molecule has 0 saturated carbocycles. The van der Waals surface area contributed by atoms with Crippen LogP contribution in [0.3, 0.4) is 0 Å². The first-order chi connectivity index (χ1) is 9.47. The number of ether oxygens (including phenoxy) is 1. The number of allylic oxidation sites excluding steroid dienone is 2. The number of aryl methyl sites for hydroxylation is 1. The zero-order valence-corrected chi connectivity index (χ0v) is 11.0. The van der Waals surface area contributed by atoms with Gasteiger partial charge in [-0.25, -0.2) is 0 Å². The minimum atomic E-state index is -1.35. The van der Waals surface area contributed by atoms with Crippen molar-refractivity contribution in [2.75, 3.05) is 0 Å². The third kappa shape index (κ3) is 3.12. The van der Waals surface area contributed by atoms with Crippen LogP contribution in [-0.4, -0.2) is 22.6 Å². The molecule has 1 aliphatic heterocycles. The van der Waals surface area contributed by atoms with Crippen molar-refractivity contribution in [3.63, 3.8) is 0 Å². The lowest BCUT2D eigenvalue weighted by molar-refractivity contribution is -0.152. The van der Waals surface area contributed by atoms with Gasteiger partial charge in [0.1, 0.15) is 11.5 Å². The second-order valence-corrected chi connectivity index (χ2v) is 4.65. The molecule has 0 bridgehead atoms. The molecule has 20 heavy (non-hydrogen) atoms. The van der Waals surface area contributed by atoms with Crippen LogP contribution >= 0.6 is 0 Å². The third-order valence-electron chi connectivity index (χ3n) is 3.02. The molecule has 0 aromatic heterocycles. The summed E-state index contributed by atoms with van der Waals surface area (Å²) in [5, 5.41) is 9.32. The van der Waals surface area contributed by atoms with Gasteiger partial charge in [0.25, 0.3) is 0 Å². The van der Waals surface area contributed by atoms with Crippen molar-refractivity contribution in [3.05, 3.63) is 41.7 Å². The van der Waals surface area contributed by atoms with Crippen LogP contribution in [0.2, 0.25) is 0 Å². The van der Waals surface area contributed by atoms with E-state index in [-0.39, 0.29) is 17.9 Å². The van der Waals surface area contributed by atoms with Gasteiger partial charge in [0.2, 0.25) is 0 Å². The van der Waals surface area contributed by atoms with E-state index in [1.54, 1.807) is 18.2 Å². The summed E-state index contributed by atoms with van der Waals surface area (Å²) in [7, 11) is 0. The van der Waals surface area contributed by atoms with Crippen molar-refractivity contribution in [2.45, 2.75) is 19.8 Å². The molecule has 1 atom stereocenters. The second kappa shape index (κ2) is 5.69. The number of carbonyl (C=O) groups excluding carboxylic acids is 3. The Balaban J connectivity index is 2.02. The van der Waals surface area contributed by atoms with E-state index < -0.39 is 23.5 Å². The Morgan fingerprint density at radius 3 is 2.75 bits per heavy atom. The Bertz CT molecular complexity index is 600. The number of phenols is 1. The van der Waals surface area contributed by atoms with Gasteiger partial charge >= 0.3 is 5.97 Å². The van der Waals surface area contributed by atoms with Crippen LogP contribution in [0.15, 0.2) is 36.1 Å². The smallest absolute Gasteiger partial charge is 0.329 e. The SMILES string of the molecule is CC1=CC(=O)[C@H](C(=O)CCc2cccc(O)c2)C(=O)O1. The van der Waals surface area contributed by atoms with Crippen LogP contribution in [0.25, 0.3) is 0 Å². The lowest BCUT2D eigenvalue weighted by atomic mass is 9.92. The van der Waals surface area contributed by atoms with E-state index in [2.05, 4.69) is 0 Å². The van der Waals surface area contributed by atoms with E-state index in [0.717, 1.165) is 11.6 Å². The third-order valence-corrected chi connectivity index (χ3v) is 3.02. The van der Waals surface area contributed by atoms with Crippen molar-refractivity contribution >= 4 is 17.5 Å². The number of ketones is 2. The van der Waals surface area contributed by atoms with Crippen molar-refractivity contribution in [1.82, 2.24) is 0 Å². The molecule has 1 aliphatic rings. The summed E-state index contributed by atoms with van der Waals surface area (Å²) < 4.78 is 4.80. The van der Waals surface area contributed by atoms with Crippen molar-refractivity contribution in [2.24, 2.45) is 5.92 Å². The van der Waals surface area contributed by atoms with Gasteiger partial charge in [0, 0.05) is 12.5 Å². The molecule has 1 aromatic carbocycles. The fourth-order valence-corrected chi connectivity index (χ4v) is 2.06. The van der Waals surface area contributed by atoms with Gasteiger partial charge in [-0.05, 0) is 31.0 Å². The molecule has 1 aromatic rings. The van der Waals surface area contributed by atoms with Gasteiger partial charge in [-0.3, -0.25) is 14.4 Å². The van der Waals surface area contributed by atoms with Crippen LogP contribution in [-0.2, 0) is 25.5 Å². The molecule has 0 amide bonds. The van der Waals surface area contributed by atoms with E-state index in [0.29, 0.717) is 6.42 Å². The van der Waals surface area contributed by atoms with E-state index in [9.17, 15) is 19.5 Å². The molecule has 2 rings (SSSR count). The van der Waals surface area contributed by atoms with Gasteiger partial charge in [0.05, 0.1) is 0 Å². The normalized spacial score (nSPS) is 18.4. The maximum Gasteiger partial charge on any atom is 0.329 e. The number of phenolic OH excluding ortho intramolecular Hbond substituents is 1. The van der Waals surface area contributed by atoms with Crippen molar-refractivity contribution in [1.29, 1.82) is 0 Å². The maximum absolute atomic E-state index is 12.0. The quantitative estimate of drug-likeness (QED) is 0.665. The summed E-state index contributed by atoms with van der Waals surface area (Å²) >= 11 is 0. The Morgan fingerprint density at radius 2 is 2.10 bits per heavy atom. The maximum atomic E-state index is 12.0. The van der Waals surface area contributed by atoms with Crippen LogP contribution < -0.4 is 0 Å². The highest BCUT2D eigenvalue weighted by molar-refractivity contribution is 6.22. The predicted octanol–water partition coefficient (Wildman–Crippen LogP) is 1.54. The standard InChI is InChI=1S/C15H14O5/c1-9-7-13(18)14(15(19)20-9)12(17)6-5-10-3-2-4-11(16)8-10/h2-4,7-8,14,16H,5-6H2,1H3/t14-/m0/s1. The van der Waals surface area contributed by atoms with Gasteiger partial charge in [-0.15, -0.1) is 0 Å². The molecular weight excluding hydrogens is 260 g/mol. The van der Waals surface area contributed by atoms with Crippen molar-refractivity contribution < 1.29 is 24.2 Å². The van der Waals surface area contributed by atoms with Gasteiger partial charge < -0.3 is 9.84 Å². The zero-order chi connectivity index (χ0) is 14.7. The average Bonchev–Trinajstić information content (AvgIpc) is 2.35. The molecule has 1 heterocycles. The molecule has 0 spiro atoms. The number of hydrogen-bond acceptors (Lipinski definition) is 5. The molecule has 104 valence electrons. The molecular formula is C15H14O5. The molecule has 0 fully saturated rings. The summed E-state index contributed by atoms with van der Waals surface area (Å²) in [4.78, 5) is 35.2. The molecule has 5 nitrogen and oxygen atoms in total. The summed E-state index contributed by atoms with van der Waals surface area (Å²) in [5.41, 5.74) is 0.765. The minimum absolute atomic E-state index is 0.0435. The first kappa shape index (κ1) is 14.0. The van der Waals surface area contributed by atoms with Crippen molar-refractivity contribution in [3.8, 4) is 5.75 Å². The zero-order valence-electron chi connectivity index (χ0n) is 11.0. The number of cyclic esters (lactones) is 1. The summed E-state index contributed by atoms with van der Waals surface area (Å²) in [6.07, 6.45) is 1.56.